The average Bonchev–Trinajstić information content (AvgIpc) is 3.46. The number of furan rings is 1. The standard InChI is InChI=1S/C25H25N3O2/c29-25(26-16-18-7-3-1-4-8-18)19-11-12-23-22(15-19)27-24(20-13-14-30-17-20)28(23)21-9-5-2-6-10-21/h1,3-4,7-8,11-15,17,21H,2,5-6,9-10,16H2,(H,26,29). The van der Waals surface area contributed by atoms with Crippen LogP contribution in [0.25, 0.3) is 22.4 Å². The Bertz CT molecular complexity index is 1140. The summed E-state index contributed by atoms with van der Waals surface area (Å²) in [6.45, 7) is 0.508. The second-order valence-corrected chi connectivity index (χ2v) is 7.98. The number of carbonyl (C=O) groups is 1. The van der Waals surface area contributed by atoms with Crippen LogP contribution in [0.2, 0.25) is 0 Å². The predicted molar refractivity (Wildman–Crippen MR) is 117 cm³/mol. The van der Waals surface area contributed by atoms with E-state index >= 15 is 0 Å². The second-order valence-electron chi connectivity index (χ2n) is 7.98. The smallest absolute Gasteiger partial charge is 0.251 e. The van der Waals surface area contributed by atoms with E-state index in [0.717, 1.165) is 40.8 Å². The van der Waals surface area contributed by atoms with Crippen LogP contribution in [0.3, 0.4) is 0 Å². The number of fused-ring (bicyclic) bond motifs is 1. The monoisotopic (exact) mass is 399 g/mol. The summed E-state index contributed by atoms with van der Waals surface area (Å²) < 4.78 is 7.68. The zero-order valence-electron chi connectivity index (χ0n) is 16.9. The van der Waals surface area contributed by atoms with Crippen molar-refractivity contribution in [1.82, 2.24) is 14.9 Å². The minimum atomic E-state index is -0.0853. The minimum absolute atomic E-state index is 0.0853. The first-order valence-electron chi connectivity index (χ1n) is 10.7. The maximum absolute atomic E-state index is 12.7. The fourth-order valence-electron chi connectivity index (χ4n) is 4.42. The summed E-state index contributed by atoms with van der Waals surface area (Å²) in [5.74, 6) is 0.838. The summed E-state index contributed by atoms with van der Waals surface area (Å²) in [7, 11) is 0. The molecule has 1 saturated carbocycles. The molecule has 2 heterocycles. The third-order valence-electron chi connectivity index (χ3n) is 5.97. The summed E-state index contributed by atoms with van der Waals surface area (Å²) in [6.07, 6.45) is 9.54. The highest BCUT2D eigenvalue weighted by molar-refractivity contribution is 5.97. The minimum Gasteiger partial charge on any atom is -0.472 e. The first kappa shape index (κ1) is 18.7. The van der Waals surface area contributed by atoms with Crippen LogP contribution in [0.5, 0.6) is 0 Å². The van der Waals surface area contributed by atoms with Gasteiger partial charge in [0, 0.05) is 18.2 Å². The summed E-state index contributed by atoms with van der Waals surface area (Å²) in [6, 6.07) is 18.2. The number of benzene rings is 2. The van der Waals surface area contributed by atoms with E-state index in [-0.39, 0.29) is 5.91 Å². The molecule has 0 spiro atoms. The molecule has 1 fully saturated rings. The number of amides is 1. The highest BCUT2D eigenvalue weighted by Crippen LogP contribution is 2.36. The van der Waals surface area contributed by atoms with Gasteiger partial charge >= 0.3 is 0 Å². The van der Waals surface area contributed by atoms with Gasteiger partial charge in [0.15, 0.2) is 0 Å². The summed E-state index contributed by atoms with van der Waals surface area (Å²) >= 11 is 0. The summed E-state index contributed by atoms with van der Waals surface area (Å²) in [5.41, 5.74) is 4.62. The fraction of sp³-hybridized carbons (Fsp3) is 0.280. The zero-order valence-corrected chi connectivity index (χ0v) is 16.9. The van der Waals surface area contributed by atoms with Crippen LogP contribution in [-0.4, -0.2) is 15.5 Å². The molecule has 30 heavy (non-hydrogen) atoms. The van der Waals surface area contributed by atoms with Gasteiger partial charge in [0.2, 0.25) is 0 Å². The quantitative estimate of drug-likeness (QED) is 0.466. The van der Waals surface area contributed by atoms with Gasteiger partial charge in [-0.25, -0.2) is 4.98 Å². The number of imidazole rings is 1. The van der Waals surface area contributed by atoms with Gasteiger partial charge < -0.3 is 14.3 Å². The molecule has 1 N–H and O–H groups in total. The van der Waals surface area contributed by atoms with E-state index in [4.69, 9.17) is 9.40 Å². The Morgan fingerprint density at radius 2 is 1.90 bits per heavy atom. The third-order valence-corrected chi connectivity index (χ3v) is 5.97. The van der Waals surface area contributed by atoms with Gasteiger partial charge in [-0.1, -0.05) is 49.6 Å². The van der Waals surface area contributed by atoms with Crippen molar-refractivity contribution in [2.24, 2.45) is 0 Å². The lowest BCUT2D eigenvalue weighted by Gasteiger charge is -2.25. The Balaban J connectivity index is 1.47. The number of hydrogen-bond donors (Lipinski definition) is 1. The molecular weight excluding hydrogens is 374 g/mol. The Hall–Kier alpha value is -3.34. The Morgan fingerprint density at radius 3 is 2.67 bits per heavy atom. The van der Waals surface area contributed by atoms with Crippen molar-refractivity contribution in [3.05, 3.63) is 78.3 Å². The van der Waals surface area contributed by atoms with Crippen LogP contribution in [0.4, 0.5) is 0 Å². The summed E-state index contributed by atoms with van der Waals surface area (Å²) in [4.78, 5) is 17.6. The first-order valence-corrected chi connectivity index (χ1v) is 10.7. The molecule has 2 aromatic carbocycles. The van der Waals surface area contributed by atoms with Gasteiger partial charge in [0.05, 0.1) is 22.9 Å². The molecule has 1 amide bonds. The topological polar surface area (TPSA) is 60.1 Å². The molecule has 5 nitrogen and oxygen atoms in total. The highest BCUT2D eigenvalue weighted by Gasteiger charge is 2.23. The van der Waals surface area contributed by atoms with Gasteiger partial charge in [-0.3, -0.25) is 4.79 Å². The molecule has 1 aliphatic rings. The number of hydrogen-bond acceptors (Lipinski definition) is 3. The van der Waals surface area contributed by atoms with Crippen LogP contribution in [0.15, 0.2) is 71.5 Å². The van der Waals surface area contributed by atoms with E-state index < -0.39 is 0 Å². The van der Waals surface area contributed by atoms with Crippen LogP contribution in [0, 0.1) is 0 Å². The third kappa shape index (κ3) is 3.63. The molecule has 0 saturated heterocycles. The number of aromatic nitrogens is 2. The lowest BCUT2D eigenvalue weighted by molar-refractivity contribution is 0.0951. The number of rotatable bonds is 5. The molecule has 0 atom stereocenters. The molecule has 4 aromatic rings. The molecule has 0 aliphatic heterocycles. The lowest BCUT2D eigenvalue weighted by Crippen LogP contribution is -2.22. The molecule has 0 unspecified atom stereocenters. The second kappa shape index (κ2) is 8.19. The van der Waals surface area contributed by atoms with E-state index in [1.807, 2.05) is 54.6 Å². The zero-order chi connectivity index (χ0) is 20.3. The molecule has 1 aliphatic carbocycles. The van der Waals surface area contributed by atoms with Crippen LogP contribution in [-0.2, 0) is 6.54 Å². The highest BCUT2D eigenvalue weighted by atomic mass is 16.3. The van der Waals surface area contributed by atoms with Gasteiger partial charge in [-0.2, -0.15) is 0 Å². The molecular formula is C25H25N3O2. The van der Waals surface area contributed by atoms with Crippen LogP contribution < -0.4 is 5.32 Å². The Kier molecular flexibility index (Phi) is 5.10. The van der Waals surface area contributed by atoms with Crippen molar-refractivity contribution in [3.63, 3.8) is 0 Å². The van der Waals surface area contributed by atoms with E-state index in [0.29, 0.717) is 18.2 Å². The Labute approximate surface area is 175 Å². The lowest BCUT2D eigenvalue weighted by atomic mass is 9.95. The maximum atomic E-state index is 12.7. The largest absolute Gasteiger partial charge is 0.472 e. The van der Waals surface area contributed by atoms with Gasteiger partial charge in [0.25, 0.3) is 5.91 Å². The van der Waals surface area contributed by atoms with Crippen molar-refractivity contribution in [2.75, 3.05) is 0 Å². The van der Waals surface area contributed by atoms with Gasteiger partial charge in [-0.15, -0.1) is 0 Å². The predicted octanol–water partition coefficient (Wildman–Crippen LogP) is 5.73. The summed E-state index contributed by atoms with van der Waals surface area (Å²) in [5, 5.41) is 3.00. The molecule has 5 rings (SSSR count). The van der Waals surface area contributed by atoms with Crippen molar-refractivity contribution < 1.29 is 9.21 Å². The van der Waals surface area contributed by atoms with E-state index in [9.17, 15) is 4.79 Å². The SMILES string of the molecule is O=C(NCc1ccccc1)c1ccc2c(c1)nc(-c1ccoc1)n2C1CCCCC1. The van der Waals surface area contributed by atoms with E-state index in [1.165, 1.54) is 19.3 Å². The van der Waals surface area contributed by atoms with Crippen molar-refractivity contribution in [2.45, 2.75) is 44.7 Å². The normalized spacial score (nSPS) is 14.8. The Morgan fingerprint density at radius 1 is 1.07 bits per heavy atom. The van der Waals surface area contributed by atoms with Crippen molar-refractivity contribution in [3.8, 4) is 11.4 Å². The van der Waals surface area contributed by atoms with E-state index in [1.54, 1.807) is 12.5 Å². The van der Waals surface area contributed by atoms with Crippen molar-refractivity contribution >= 4 is 16.9 Å². The number of nitrogens with zero attached hydrogens (tertiary/aromatic N) is 2. The van der Waals surface area contributed by atoms with Gasteiger partial charge in [-0.05, 0) is 42.7 Å². The molecule has 5 heteroatoms. The first-order chi connectivity index (χ1) is 14.8. The van der Waals surface area contributed by atoms with Crippen molar-refractivity contribution in [1.29, 1.82) is 0 Å². The molecule has 152 valence electrons. The molecule has 0 radical (unpaired) electrons. The maximum Gasteiger partial charge on any atom is 0.251 e. The molecule has 0 bridgehead atoms. The average molecular weight is 399 g/mol. The number of carbonyl (C=O) groups excluding carboxylic acids is 1. The van der Waals surface area contributed by atoms with Gasteiger partial charge in [0.1, 0.15) is 12.1 Å². The fourth-order valence-corrected chi connectivity index (χ4v) is 4.42. The van der Waals surface area contributed by atoms with E-state index in [2.05, 4.69) is 9.88 Å². The van der Waals surface area contributed by atoms with Crippen LogP contribution in [0.1, 0.15) is 54.1 Å². The van der Waals surface area contributed by atoms with Crippen LogP contribution >= 0.6 is 0 Å². The number of nitrogens with one attached hydrogen (secondary N) is 1. The molecule has 2 aromatic heterocycles.